The van der Waals surface area contributed by atoms with Crippen molar-refractivity contribution in [2.75, 3.05) is 0 Å². The van der Waals surface area contributed by atoms with Crippen molar-refractivity contribution in [1.29, 1.82) is 0 Å². The predicted octanol–water partition coefficient (Wildman–Crippen LogP) is 2.50. The van der Waals surface area contributed by atoms with Crippen LogP contribution in [0.25, 0.3) is 0 Å². The van der Waals surface area contributed by atoms with Gasteiger partial charge in [0.05, 0.1) is 0 Å². The van der Waals surface area contributed by atoms with E-state index >= 15 is 0 Å². The molecule has 1 unspecified atom stereocenters. The lowest BCUT2D eigenvalue weighted by atomic mass is 10.1. The molecule has 1 nitrogen and oxygen atoms in total. The Labute approximate surface area is 71.4 Å². The van der Waals surface area contributed by atoms with Crippen LogP contribution in [0.4, 0.5) is 0 Å². The molecule has 0 aliphatic carbocycles. The molecule has 0 spiro atoms. The molecule has 0 radical (unpaired) electrons. The highest BCUT2D eigenvalue weighted by Gasteiger charge is 2.18. The lowest BCUT2D eigenvalue weighted by Gasteiger charge is -2.03. The second-order valence-corrected chi connectivity index (χ2v) is 3.32. The lowest BCUT2D eigenvalue weighted by Crippen LogP contribution is -2.06. The molecule has 0 amide bonds. The maximum atomic E-state index is 5.99. The van der Waals surface area contributed by atoms with Gasteiger partial charge in [-0.2, -0.15) is 0 Å². The number of hydrogen-bond donors (Lipinski definition) is 1. The lowest BCUT2D eigenvalue weighted by molar-refractivity contribution is 0.633. The molecule has 0 aromatic heterocycles. The fraction of sp³-hybridized carbons (Fsp3) is 0.333. The smallest absolute Gasteiger partial charge is 0.0454 e. The van der Waals surface area contributed by atoms with E-state index in [2.05, 4.69) is 18.3 Å². The van der Waals surface area contributed by atoms with Gasteiger partial charge in [0.1, 0.15) is 0 Å². The molecule has 0 saturated carbocycles. The standard InChI is InChI=1S/C9H10ClN/c1-6-7-3-2-4-9(10)8(7)5-11-6/h2-4,6,11H,5H2,1H3. The van der Waals surface area contributed by atoms with Gasteiger partial charge in [-0.25, -0.2) is 0 Å². The highest BCUT2D eigenvalue weighted by atomic mass is 35.5. The van der Waals surface area contributed by atoms with Crippen molar-refractivity contribution in [3.05, 3.63) is 34.3 Å². The van der Waals surface area contributed by atoms with Gasteiger partial charge in [0.15, 0.2) is 0 Å². The minimum Gasteiger partial charge on any atom is -0.306 e. The second kappa shape index (κ2) is 2.50. The molecule has 1 aromatic rings. The van der Waals surface area contributed by atoms with Crippen molar-refractivity contribution in [3.63, 3.8) is 0 Å². The summed E-state index contributed by atoms with van der Waals surface area (Å²) in [6.07, 6.45) is 0. The first-order chi connectivity index (χ1) is 5.29. The van der Waals surface area contributed by atoms with Crippen molar-refractivity contribution in [2.24, 2.45) is 0 Å². The Morgan fingerprint density at radius 2 is 2.36 bits per heavy atom. The Bertz CT molecular complexity index is 283. The SMILES string of the molecule is CC1NCc2c(Cl)cccc21. The summed E-state index contributed by atoms with van der Waals surface area (Å²) in [5, 5.41) is 4.23. The van der Waals surface area contributed by atoms with Crippen LogP contribution >= 0.6 is 11.6 Å². The first-order valence-corrected chi connectivity index (χ1v) is 4.17. The molecule has 1 heterocycles. The Kier molecular flexibility index (Phi) is 1.63. The van der Waals surface area contributed by atoms with Crippen molar-refractivity contribution < 1.29 is 0 Å². The van der Waals surface area contributed by atoms with Gasteiger partial charge in [0, 0.05) is 17.6 Å². The van der Waals surface area contributed by atoms with Gasteiger partial charge in [-0.3, -0.25) is 0 Å². The minimum absolute atomic E-state index is 0.462. The molecule has 1 N–H and O–H groups in total. The van der Waals surface area contributed by atoms with Crippen LogP contribution in [-0.4, -0.2) is 0 Å². The van der Waals surface area contributed by atoms with Gasteiger partial charge < -0.3 is 5.32 Å². The monoisotopic (exact) mass is 167 g/mol. The maximum absolute atomic E-state index is 5.99. The molecule has 1 aromatic carbocycles. The van der Waals surface area contributed by atoms with E-state index in [0.717, 1.165) is 11.6 Å². The van der Waals surface area contributed by atoms with E-state index < -0.39 is 0 Å². The van der Waals surface area contributed by atoms with Crippen molar-refractivity contribution in [3.8, 4) is 0 Å². The zero-order valence-electron chi connectivity index (χ0n) is 6.39. The fourth-order valence-corrected chi connectivity index (χ4v) is 1.78. The van der Waals surface area contributed by atoms with Gasteiger partial charge in [-0.1, -0.05) is 23.7 Å². The average molecular weight is 168 g/mol. The molecule has 1 aliphatic rings. The van der Waals surface area contributed by atoms with Gasteiger partial charge in [0.25, 0.3) is 0 Å². The van der Waals surface area contributed by atoms with Crippen molar-refractivity contribution in [1.82, 2.24) is 5.32 Å². The van der Waals surface area contributed by atoms with E-state index in [-0.39, 0.29) is 0 Å². The first kappa shape index (κ1) is 7.14. The third-order valence-corrected chi connectivity index (χ3v) is 2.56. The quantitative estimate of drug-likeness (QED) is 0.626. The number of fused-ring (bicyclic) bond motifs is 1. The number of hydrogen-bond acceptors (Lipinski definition) is 1. The van der Waals surface area contributed by atoms with E-state index in [1.807, 2.05) is 12.1 Å². The minimum atomic E-state index is 0.462. The number of halogens is 1. The van der Waals surface area contributed by atoms with Crippen molar-refractivity contribution >= 4 is 11.6 Å². The summed E-state index contributed by atoms with van der Waals surface area (Å²) >= 11 is 5.99. The van der Waals surface area contributed by atoms with Crippen LogP contribution in [0.1, 0.15) is 24.1 Å². The third-order valence-electron chi connectivity index (χ3n) is 2.21. The van der Waals surface area contributed by atoms with E-state index in [9.17, 15) is 0 Å². The molecule has 11 heavy (non-hydrogen) atoms. The van der Waals surface area contributed by atoms with E-state index in [4.69, 9.17) is 11.6 Å². The van der Waals surface area contributed by atoms with Crippen LogP contribution < -0.4 is 5.32 Å². The molecule has 0 bridgehead atoms. The molecule has 1 aliphatic heterocycles. The van der Waals surface area contributed by atoms with Crippen molar-refractivity contribution in [2.45, 2.75) is 19.5 Å². The second-order valence-electron chi connectivity index (χ2n) is 2.91. The maximum Gasteiger partial charge on any atom is 0.0454 e. The Morgan fingerprint density at radius 3 is 3.09 bits per heavy atom. The van der Waals surface area contributed by atoms with Gasteiger partial charge >= 0.3 is 0 Å². The Balaban J connectivity index is 2.57. The van der Waals surface area contributed by atoms with Crippen LogP contribution in [0.2, 0.25) is 5.02 Å². The van der Waals surface area contributed by atoms with E-state index in [0.29, 0.717) is 6.04 Å². The summed E-state index contributed by atoms with van der Waals surface area (Å²) in [4.78, 5) is 0. The summed E-state index contributed by atoms with van der Waals surface area (Å²) < 4.78 is 0. The topological polar surface area (TPSA) is 12.0 Å². The molecule has 0 saturated heterocycles. The number of rotatable bonds is 0. The summed E-state index contributed by atoms with van der Waals surface area (Å²) in [7, 11) is 0. The normalized spacial score (nSPS) is 21.8. The van der Waals surface area contributed by atoms with Crippen LogP contribution in [-0.2, 0) is 6.54 Å². The molecule has 2 rings (SSSR count). The predicted molar refractivity (Wildman–Crippen MR) is 46.7 cm³/mol. The van der Waals surface area contributed by atoms with Gasteiger partial charge in [-0.15, -0.1) is 0 Å². The molecular formula is C9H10ClN. The van der Waals surface area contributed by atoms with Crippen LogP contribution in [0.15, 0.2) is 18.2 Å². The summed E-state index contributed by atoms with van der Waals surface area (Å²) in [6, 6.07) is 6.54. The molecular weight excluding hydrogens is 158 g/mol. The summed E-state index contributed by atoms with van der Waals surface area (Å²) in [5.41, 5.74) is 2.61. The zero-order chi connectivity index (χ0) is 7.84. The number of benzene rings is 1. The fourth-order valence-electron chi connectivity index (χ4n) is 1.53. The van der Waals surface area contributed by atoms with Crippen LogP contribution in [0.3, 0.4) is 0 Å². The van der Waals surface area contributed by atoms with Crippen LogP contribution in [0.5, 0.6) is 0 Å². The Hall–Kier alpha value is -0.530. The first-order valence-electron chi connectivity index (χ1n) is 3.79. The van der Waals surface area contributed by atoms with Gasteiger partial charge in [-0.05, 0) is 24.1 Å². The average Bonchev–Trinajstić information content (AvgIpc) is 2.35. The van der Waals surface area contributed by atoms with Gasteiger partial charge in [0.2, 0.25) is 0 Å². The number of nitrogens with one attached hydrogen (secondary N) is 1. The molecule has 0 fully saturated rings. The molecule has 58 valence electrons. The summed E-state index contributed by atoms with van der Waals surface area (Å²) in [5.74, 6) is 0. The molecule has 2 heteroatoms. The largest absolute Gasteiger partial charge is 0.306 e. The highest BCUT2D eigenvalue weighted by Crippen LogP contribution is 2.29. The van der Waals surface area contributed by atoms with E-state index in [1.165, 1.54) is 11.1 Å². The Morgan fingerprint density at radius 1 is 1.55 bits per heavy atom. The summed E-state index contributed by atoms with van der Waals surface area (Å²) in [6.45, 7) is 3.07. The third kappa shape index (κ3) is 1.05. The molecule has 1 atom stereocenters. The van der Waals surface area contributed by atoms with Crippen LogP contribution in [0, 0.1) is 0 Å². The zero-order valence-corrected chi connectivity index (χ0v) is 7.15. The van der Waals surface area contributed by atoms with E-state index in [1.54, 1.807) is 0 Å². The highest BCUT2D eigenvalue weighted by molar-refractivity contribution is 6.31.